The molecule has 0 bridgehead atoms. The number of hydrogen-bond acceptors (Lipinski definition) is 7. The quantitative estimate of drug-likeness (QED) is 0.681. The van der Waals surface area contributed by atoms with Gasteiger partial charge in [-0.3, -0.25) is 14.5 Å². The summed E-state index contributed by atoms with van der Waals surface area (Å²) in [7, 11) is 2.13. The number of carbonyl (C=O) groups excluding carboxylic acids is 2. The van der Waals surface area contributed by atoms with E-state index in [4.69, 9.17) is 0 Å². The van der Waals surface area contributed by atoms with E-state index in [0.29, 0.717) is 22.8 Å². The molecule has 1 aromatic heterocycles. The Labute approximate surface area is 175 Å². The van der Waals surface area contributed by atoms with Crippen molar-refractivity contribution in [2.24, 2.45) is 0 Å². The standard InChI is InChI=1S/C20H28N6O2S/c1-3-4-17-23-24-20(29-17)19(28)22-16-7-5-15(6-8-16)18(27)21-9-10-26-13-11-25(2)12-14-26/h5-8H,3-4,9-14H2,1-2H3,(H,21,27)(H,22,28). The molecule has 1 saturated heterocycles. The predicted octanol–water partition coefficient (Wildman–Crippen LogP) is 1.72. The van der Waals surface area contributed by atoms with Gasteiger partial charge in [0.25, 0.3) is 11.8 Å². The van der Waals surface area contributed by atoms with E-state index in [1.54, 1.807) is 24.3 Å². The van der Waals surface area contributed by atoms with Crippen LogP contribution >= 0.6 is 11.3 Å². The molecular formula is C20H28N6O2S. The second-order valence-corrected chi connectivity index (χ2v) is 8.25. The highest BCUT2D eigenvalue weighted by Crippen LogP contribution is 2.15. The number of aromatic nitrogens is 2. The Morgan fingerprint density at radius 1 is 1.07 bits per heavy atom. The van der Waals surface area contributed by atoms with Gasteiger partial charge >= 0.3 is 0 Å². The molecule has 3 rings (SSSR count). The van der Waals surface area contributed by atoms with E-state index in [2.05, 4.69) is 44.6 Å². The molecule has 0 unspecified atom stereocenters. The van der Waals surface area contributed by atoms with E-state index in [1.165, 1.54) is 11.3 Å². The molecule has 0 radical (unpaired) electrons. The SMILES string of the molecule is CCCc1nnc(C(=O)Nc2ccc(C(=O)NCCN3CCN(C)CC3)cc2)s1. The van der Waals surface area contributed by atoms with Crippen LogP contribution in [0.4, 0.5) is 5.69 Å². The van der Waals surface area contributed by atoms with Crippen LogP contribution in [0.2, 0.25) is 0 Å². The highest BCUT2D eigenvalue weighted by atomic mass is 32.1. The second kappa shape index (κ2) is 10.4. The Hall–Kier alpha value is -2.36. The minimum absolute atomic E-state index is 0.106. The van der Waals surface area contributed by atoms with Crippen molar-refractivity contribution in [1.82, 2.24) is 25.3 Å². The first-order valence-corrected chi connectivity index (χ1v) is 10.8. The Morgan fingerprint density at radius 3 is 2.48 bits per heavy atom. The van der Waals surface area contributed by atoms with Gasteiger partial charge in [-0.25, -0.2) is 0 Å². The molecule has 156 valence electrons. The Balaban J connectivity index is 1.45. The molecule has 9 heteroatoms. The Morgan fingerprint density at radius 2 is 1.79 bits per heavy atom. The van der Waals surface area contributed by atoms with Gasteiger partial charge in [0.05, 0.1) is 0 Å². The fourth-order valence-electron chi connectivity index (χ4n) is 3.05. The van der Waals surface area contributed by atoms with Crippen LogP contribution in [0.25, 0.3) is 0 Å². The monoisotopic (exact) mass is 416 g/mol. The lowest BCUT2D eigenvalue weighted by Crippen LogP contribution is -2.46. The van der Waals surface area contributed by atoms with E-state index in [0.717, 1.165) is 50.6 Å². The van der Waals surface area contributed by atoms with Crippen LogP contribution in [0, 0.1) is 0 Å². The maximum atomic E-state index is 12.3. The van der Waals surface area contributed by atoms with Gasteiger partial charge in [0.1, 0.15) is 5.01 Å². The fourth-order valence-corrected chi connectivity index (χ4v) is 3.89. The van der Waals surface area contributed by atoms with Gasteiger partial charge < -0.3 is 15.5 Å². The number of rotatable bonds is 8. The summed E-state index contributed by atoms with van der Waals surface area (Å²) in [6.45, 7) is 7.75. The first-order chi connectivity index (χ1) is 14.0. The number of benzene rings is 1. The largest absolute Gasteiger partial charge is 0.351 e. The van der Waals surface area contributed by atoms with Gasteiger partial charge in [0, 0.05) is 56.9 Å². The summed E-state index contributed by atoms with van der Waals surface area (Å²) in [5, 5.41) is 14.9. The maximum absolute atomic E-state index is 12.3. The minimum Gasteiger partial charge on any atom is -0.351 e. The van der Waals surface area contributed by atoms with Crippen molar-refractivity contribution in [3.8, 4) is 0 Å². The molecule has 0 saturated carbocycles. The zero-order chi connectivity index (χ0) is 20.6. The highest BCUT2D eigenvalue weighted by Gasteiger charge is 2.15. The molecule has 2 heterocycles. The van der Waals surface area contributed by atoms with Gasteiger partial charge in [-0.2, -0.15) is 0 Å². The molecule has 8 nitrogen and oxygen atoms in total. The van der Waals surface area contributed by atoms with Gasteiger partial charge in [-0.05, 0) is 37.7 Å². The van der Waals surface area contributed by atoms with E-state index in [1.807, 2.05) is 0 Å². The fraction of sp³-hybridized carbons (Fsp3) is 0.500. The molecule has 2 amide bonds. The van der Waals surface area contributed by atoms with Crippen molar-refractivity contribution in [3.05, 3.63) is 39.8 Å². The number of nitrogens with zero attached hydrogens (tertiary/aromatic N) is 4. The molecule has 1 aliphatic heterocycles. The number of anilines is 1. The van der Waals surface area contributed by atoms with Crippen LogP contribution < -0.4 is 10.6 Å². The highest BCUT2D eigenvalue weighted by molar-refractivity contribution is 7.13. The van der Waals surface area contributed by atoms with Crippen molar-refractivity contribution in [2.45, 2.75) is 19.8 Å². The maximum Gasteiger partial charge on any atom is 0.286 e. The zero-order valence-electron chi connectivity index (χ0n) is 17.0. The summed E-state index contributed by atoms with van der Waals surface area (Å²) in [5.41, 5.74) is 1.19. The topological polar surface area (TPSA) is 90.5 Å². The Kier molecular flexibility index (Phi) is 7.68. The number of hydrogen-bond donors (Lipinski definition) is 2. The lowest BCUT2D eigenvalue weighted by Gasteiger charge is -2.32. The number of amides is 2. The Bertz CT molecular complexity index is 815. The molecule has 0 spiro atoms. The predicted molar refractivity (Wildman–Crippen MR) is 115 cm³/mol. The van der Waals surface area contributed by atoms with Gasteiger partial charge in [-0.15, -0.1) is 10.2 Å². The molecule has 0 aliphatic carbocycles. The third kappa shape index (κ3) is 6.31. The van der Waals surface area contributed by atoms with E-state index in [-0.39, 0.29) is 11.8 Å². The molecular weight excluding hydrogens is 388 g/mol. The van der Waals surface area contributed by atoms with E-state index < -0.39 is 0 Å². The van der Waals surface area contributed by atoms with Gasteiger partial charge in [-0.1, -0.05) is 18.3 Å². The lowest BCUT2D eigenvalue weighted by atomic mass is 10.2. The van der Waals surface area contributed by atoms with Crippen molar-refractivity contribution in [1.29, 1.82) is 0 Å². The van der Waals surface area contributed by atoms with Crippen LogP contribution in [0.1, 0.15) is 38.5 Å². The van der Waals surface area contributed by atoms with Crippen LogP contribution in [0.15, 0.2) is 24.3 Å². The van der Waals surface area contributed by atoms with Crippen molar-refractivity contribution in [3.63, 3.8) is 0 Å². The first kappa shape index (κ1) is 21.4. The third-order valence-electron chi connectivity index (χ3n) is 4.84. The summed E-state index contributed by atoms with van der Waals surface area (Å²) in [6.07, 6.45) is 1.79. The lowest BCUT2D eigenvalue weighted by molar-refractivity contribution is 0.0940. The second-order valence-electron chi connectivity index (χ2n) is 7.18. The molecule has 1 fully saturated rings. The molecule has 1 aliphatic rings. The zero-order valence-corrected chi connectivity index (χ0v) is 17.8. The average Bonchev–Trinajstić information content (AvgIpc) is 3.19. The van der Waals surface area contributed by atoms with Crippen LogP contribution in [0.3, 0.4) is 0 Å². The summed E-state index contributed by atoms with van der Waals surface area (Å²) in [6, 6.07) is 6.87. The summed E-state index contributed by atoms with van der Waals surface area (Å²) >= 11 is 1.31. The molecule has 2 aromatic rings. The van der Waals surface area contributed by atoms with Crippen LogP contribution in [-0.2, 0) is 6.42 Å². The van der Waals surface area contributed by atoms with Crippen molar-refractivity contribution < 1.29 is 9.59 Å². The van der Waals surface area contributed by atoms with Gasteiger partial charge in [0.2, 0.25) is 5.01 Å². The molecule has 0 atom stereocenters. The van der Waals surface area contributed by atoms with E-state index >= 15 is 0 Å². The summed E-state index contributed by atoms with van der Waals surface area (Å²) in [5.74, 6) is -0.389. The smallest absolute Gasteiger partial charge is 0.286 e. The molecule has 1 aromatic carbocycles. The molecule has 29 heavy (non-hydrogen) atoms. The average molecular weight is 417 g/mol. The van der Waals surface area contributed by atoms with Crippen molar-refractivity contribution >= 4 is 28.8 Å². The van der Waals surface area contributed by atoms with E-state index in [9.17, 15) is 9.59 Å². The third-order valence-corrected chi connectivity index (χ3v) is 5.82. The number of aryl methyl sites for hydroxylation is 1. The summed E-state index contributed by atoms with van der Waals surface area (Å²) in [4.78, 5) is 29.3. The first-order valence-electron chi connectivity index (χ1n) is 9.98. The van der Waals surface area contributed by atoms with Crippen LogP contribution in [-0.4, -0.2) is 78.1 Å². The summed E-state index contributed by atoms with van der Waals surface area (Å²) < 4.78 is 0. The van der Waals surface area contributed by atoms with Gasteiger partial charge in [0.15, 0.2) is 0 Å². The number of likely N-dealkylation sites (N-methyl/N-ethyl adjacent to an activating group) is 1. The molecule has 2 N–H and O–H groups in total. The minimum atomic E-state index is -0.283. The number of piperazine rings is 1. The van der Waals surface area contributed by atoms with Crippen molar-refractivity contribution in [2.75, 3.05) is 51.6 Å². The normalized spacial score (nSPS) is 15.2. The van der Waals surface area contributed by atoms with Crippen LogP contribution in [0.5, 0.6) is 0 Å². The number of nitrogens with one attached hydrogen (secondary N) is 2. The number of carbonyl (C=O) groups is 2.